The highest BCUT2D eigenvalue weighted by molar-refractivity contribution is 5.90. The molecule has 0 bridgehead atoms. The van der Waals surface area contributed by atoms with Crippen LogP contribution in [-0.4, -0.2) is 37.6 Å². The molecule has 0 radical (unpaired) electrons. The Balaban J connectivity index is 1.71. The van der Waals surface area contributed by atoms with E-state index in [2.05, 4.69) is 31.2 Å². The highest BCUT2D eigenvalue weighted by Gasteiger charge is 2.26. The zero-order chi connectivity index (χ0) is 19.7. The van der Waals surface area contributed by atoms with Crippen LogP contribution in [0.3, 0.4) is 0 Å². The molecule has 3 heterocycles. The van der Waals surface area contributed by atoms with Crippen LogP contribution in [0.4, 0.5) is 23.1 Å². The predicted octanol–water partition coefficient (Wildman–Crippen LogP) is 2.60. The Hall–Kier alpha value is -3.41. The normalized spacial score (nSPS) is 19.3. The van der Waals surface area contributed by atoms with Gasteiger partial charge in [-0.2, -0.15) is 5.26 Å². The van der Waals surface area contributed by atoms with Crippen LogP contribution in [0.2, 0.25) is 0 Å². The average molecular weight is 377 g/mol. The van der Waals surface area contributed by atoms with Gasteiger partial charge >= 0.3 is 0 Å². The van der Waals surface area contributed by atoms with Crippen molar-refractivity contribution < 1.29 is 0 Å². The number of rotatable bonds is 4. The zero-order valence-corrected chi connectivity index (χ0v) is 16.0. The van der Waals surface area contributed by atoms with E-state index in [1.54, 1.807) is 12.4 Å². The maximum Gasteiger partial charge on any atom is 0.164 e. The Morgan fingerprint density at radius 3 is 2.93 bits per heavy atom. The highest BCUT2D eigenvalue weighted by Crippen LogP contribution is 2.32. The summed E-state index contributed by atoms with van der Waals surface area (Å²) in [6, 6.07) is 6.37. The van der Waals surface area contributed by atoms with Gasteiger partial charge < -0.3 is 20.5 Å². The number of anilines is 4. The molecular weight excluding hydrogens is 354 g/mol. The van der Waals surface area contributed by atoms with Gasteiger partial charge in [0.1, 0.15) is 29.3 Å². The number of nitrogen functional groups attached to an aromatic ring is 1. The molecule has 3 aromatic rings. The molecule has 0 aromatic carbocycles. The molecular formula is C19H23N9. The van der Waals surface area contributed by atoms with E-state index in [9.17, 15) is 5.26 Å². The van der Waals surface area contributed by atoms with Gasteiger partial charge in [0.15, 0.2) is 5.65 Å². The molecule has 4 rings (SSSR count). The van der Waals surface area contributed by atoms with Crippen molar-refractivity contribution in [2.45, 2.75) is 31.7 Å². The molecule has 2 atom stereocenters. The van der Waals surface area contributed by atoms with Crippen LogP contribution in [-0.2, 0) is 7.05 Å². The van der Waals surface area contributed by atoms with Gasteiger partial charge in [0, 0.05) is 38.2 Å². The summed E-state index contributed by atoms with van der Waals surface area (Å²) < 4.78 is 1.89. The monoisotopic (exact) mass is 377 g/mol. The van der Waals surface area contributed by atoms with E-state index >= 15 is 0 Å². The van der Waals surface area contributed by atoms with E-state index in [1.807, 2.05) is 24.7 Å². The fourth-order valence-corrected chi connectivity index (χ4v) is 3.76. The molecule has 9 nitrogen and oxygen atoms in total. The molecule has 0 amide bonds. The second kappa shape index (κ2) is 7.31. The number of pyridine rings is 1. The van der Waals surface area contributed by atoms with E-state index < -0.39 is 0 Å². The molecule has 28 heavy (non-hydrogen) atoms. The first-order chi connectivity index (χ1) is 13.5. The molecule has 0 spiro atoms. The lowest BCUT2D eigenvalue weighted by molar-refractivity contribution is 0.368. The van der Waals surface area contributed by atoms with Crippen molar-refractivity contribution in [3.8, 4) is 6.07 Å². The minimum absolute atomic E-state index is 0.114. The average Bonchev–Trinajstić information content (AvgIpc) is 3.08. The van der Waals surface area contributed by atoms with Gasteiger partial charge in [0.25, 0.3) is 0 Å². The van der Waals surface area contributed by atoms with Gasteiger partial charge in [0.2, 0.25) is 0 Å². The lowest BCUT2D eigenvalue weighted by atomic mass is 9.86. The summed E-state index contributed by atoms with van der Waals surface area (Å²) in [6.45, 7) is 0. The summed E-state index contributed by atoms with van der Waals surface area (Å²) in [7, 11) is 3.96. The minimum atomic E-state index is 0.114. The smallest absolute Gasteiger partial charge is 0.164 e. The summed E-state index contributed by atoms with van der Waals surface area (Å²) in [4.78, 5) is 19.6. The van der Waals surface area contributed by atoms with Crippen LogP contribution in [0.15, 0.2) is 24.8 Å². The van der Waals surface area contributed by atoms with E-state index in [-0.39, 0.29) is 5.92 Å². The van der Waals surface area contributed by atoms with Crippen LogP contribution in [0.25, 0.3) is 11.2 Å². The van der Waals surface area contributed by atoms with Gasteiger partial charge in [-0.3, -0.25) is 0 Å². The Bertz CT molecular complexity index is 1040. The number of aromatic nitrogens is 5. The fourth-order valence-electron chi connectivity index (χ4n) is 3.76. The first kappa shape index (κ1) is 18.0. The first-order valence-electron chi connectivity index (χ1n) is 9.34. The van der Waals surface area contributed by atoms with Crippen molar-refractivity contribution in [1.29, 1.82) is 5.26 Å². The molecule has 1 saturated carbocycles. The number of hydrogen-bond donors (Lipinski definition) is 2. The van der Waals surface area contributed by atoms with Crippen LogP contribution in [0, 0.1) is 17.2 Å². The Morgan fingerprint density at radius 1 is 1.29 bits per heavy atom. The van der Waals surface area contributed by atoms with Crippen molar-refractivity contribution in [3.63, 3.8) is 0 Å². The quantitative estimate of drug-likeness (QED) is 0.711. The number of nitrogens with zero attached hydrogens (tertiary/aromatic N) is 7. The maximum atomic E-state index is 9.31. The van der Waals surface area contributed by atoms with E-state index in [0.29, 0.717) is 17.7 Å². The van der Waals surface area contributed by atoms with Gasteiger partial charge in [-0.25, -0.2) is 19.9 Å². The second-order valence-electron chi connectivity index (χ2n) is 7.27. The molecule has 3 N–H and O–H groups in total. The third-order valence-corrected chi connectivity index (χ3v) is 5.34. The number of nitriles is 1. The summed E-state index contributed by atoms with van der Waals surface area (Å²) in [5.41, 5.74) is 8.12. The number of imidazole rings is 1. The second-order valence-corrected chi connectivity index (χ2v) is 7.27. The van der Waals surface area contributed by atoms with Crippen molar-refractivity contribution in [2.75, 3.05) is 23.0 Å². The third-order valence-electron chi connectivity index (χ3n) is 5.34. The highest BCUT2D eigenvalue weighted by atomic mass is 15.2. The van der Waals surface area contributed by atoms with Crippen molar-refractivity contribution in [3.05, 3.63) is 24.8 Å². The van der Waals surface area contributed by atoms with Crippen molar-refractivity contribution in [1.82, 2.24) is 24.5 Å². The van der Waals surface area contributed by atoms with E-state index in [0.717, 1.165) is 48.4 Å². The number of hydrogen-bond acceptors (Lipinski definition) is 8. The van der Waals surface area contributed by atoms with Gasteiger partial charge in [-0.1, -0.05) is 6.42 Å². The summed E-state index contributed by atoms with van der Waals surface area (Å²) in [5, 5.41) is 12.6. The Kier molecular flexibility index (Phi) is 4.69. The van der Waals surface area contributed by atoms with Crippen molar-refractivity contribution >= 4 is 34.3 Å². The number of nitrogens with one attached hydrogen (secondary N) is 1. The van der Waals surface area contributed by atoms with Crippen LogP contribution in [0.1, 0.15) is 25.7 Å². The SMILES string of the molecule is CN(c1cc(Nc2cc(N)ncn2)c2ncn(C)c2n1)[C@@H]1CCC[C@@H](C#N)C1. The van der Waals surface area contributed by atoms with Gasteiger partial charge in [0.05, 0.1) is 18.1 Å². The summed E-state index contributed by atoms with van der Waals surface area (Å²) >= 11 is 0. The molecule has 0 unspecified atom stereocenters. The lowest BCUT2D eigenvalue weighted by Gasteiger charge is -2.34. The molecule has 0 saturated heterocycles. The van der Waals surface area contributed by atoms with Crippen LogP contribution in [0.5, 0.6) is 0 Å². The predicted molar refractivity (Wildman–Crippen MR) is 108 cm³/mol. The molecule has 1 aliphatic carbocycles. The largest absolute Gasteiger partial charge is 0.384 e. The standard InChI is InChI=1S/C19H23N9/c1-27-11-24-18-14(25-16-8-15(21)22-10-23-16)7-17(26-19(18)27)28(2)13-5-3-4-12(6-13)9-20/h7-8,10-13H,3-6H2,1-2H3,(H3,21,22,23,25,26)/t12-,13-/m1/s1. The summed E-state index contributed by atoms with van der Waals surface area (Å²) in [6.07, 6.45) is 7.14. The zero-order valence-electron chi connectivity index (χ0n) is 16.0. The maximum absolute atomic E-state index is 9.31. The molecule has 1 fully saturated rings. The molecule has 144 valence electrons. The number of aryl methyl sites for hydroxylation is 1. The van der Waals surface area contributed by atoms with Crippen molar-refractivity contribution in [2.24, 2.45) is 13.0 Å². The fraction of sp³-hybridized carbons (Fsp3) is 0.421. The topological polar surface area (TPSA) is 122 Å². The molecule has 3 aromatic heterocycles. The lowest BCUT2D eigenvalue weighted by Crippen LogP contribution is -2.36. The first-order valence-corrected chi connectivity index (χ1v) is 9.34. The third kappa shape index (κ3) is 3.41. The van der Waals surface area contributed by atoms with Crippen LogP contribution < -0.4 is 16.0 Å². The van der Waals surface area contributed by atoms with Gasteiger partial charge in [-0.05, 0) is 19.3 Å². The van der Waals surface area contributed by atoms with Crippen LogP contribution >= 0.6 is 0 Å². The minimum Gasteiger partial charge on any atom is -0.384 e. The number of fused-ring (bicyclic) bond motifs is 1. The Morgan fingerprint density at radius 2 is 2.14 bits per heavy atom. The van der Waals surface area contributed by atoms with Gasteiger partial charge in [-0.15, -0.1) is 0 Å². The Labute approximate surface area is 163 Å². The van der Waals surface area contributed by atoms with E-state index in [1.165, 1.54) is 6.33 Å². The molecule has 1 aliphatic rings. The molecule has 9 heteroatoms. The van der Waals surface area contributed by atoms with E-state index in [4.69, 9.17) is 10.7 Å². The number of nitrogens with two attached hydrogens (primary N) is 1. The molecule has 0 aliphatic heterocycles. The summed E-state index contributed by atoms with van der Waals surface area (Å²) in [5.74, 6) is 1.94.